The molecule has 0 spiro atoms. The zero-order chi connectivity index (χ0) is 22.7. The van der Waals surface area contributed by atoms with Gasteiger partial charge in [-0.15, -0.1) is 0 Å². The Morgan fingerprint density at radius 2 is 1.83 bits per heavy atom. The maximum absolute atomic E-state index is 12.3. The Morgan fingerprint density at radius 1 is 1.17 bits per heavy atom. The van der Waals surface area contributed by atoms with Crippen LogP contribution in [0.3, 0.4) is 0 Å². The number of aliphatic hydroxyl groups excluding tert-OH is 1. The summed E-state index contributed by atoms with van der Waals surface area (Å²) in [6, 6.07) is -4.48. The zero-order valence-corrected chi connectivity index (χ0v) is 17.6. The number of aliphatic hydroxyl groups is 1. The van der Waals surface area contributed by atoms with Crippen molar-refractivity contribution in [2.75, 3.05) is 18.6 Å². The van der Waals surface area contributed by atoms with E-state index in [4.69, 9.17) is 5.73 Å². The summed E-state index contributed by atoms with van der Waals surface area (Å²) in [6.07, 6.45) is 5.05. The van der Waals surface area contributed by atoms with Gasteiger partial charge in [-0.3, -0.25) is 14.4 Å². The highest BCUT2D eigenvalue weighted by Gasteiger charge is 2.28. The van der Waals surface area contributed by atoms with E-state index in [-0.39, 0.29) is 6.42 Å². The summed E-state index contributed by atoms with van der Waals surface area (Å²) in [5, 5.41) is 25.7. The molecule has 3 amide bonds. The van der Waals surface area contributed by atoms with Crippen LogP contribution >= 0.6 is 11.8 Å². The summed E-state index contributed by atoms with van der Waals surface area (Å²) >= 11 is 1.54. The molecule has 1 aromatic heterocycles. The van der Waals surface area contributed by atoms with E-state index in [1.54, 1.807) is 0 Å². The number of aromatic nitrogens is 2. The highest BCUT2D eigenvalue weighted by molar-refractivity contribution is 7.98. The molecule has 1 aromatic rings. The van der Waals surface area contributed by atoms with E-state index in [2.05, 4.69) is 25.9 Å². The molecule has 8 N–H and O–H groups in total. The molecule has 0 aromatic carbocycles. The molecule has 0 bridgehead atoms. The number of aliphatic carboxylic acids is 1. The monoisotopic (exact) mass is 444 g/mol. The van der Waals surface area contributed by atoms with Gasteiger partial charge in [0.2, 0.25) is 17.7 Å². The second-order valence-electron chi connectivity index (χ2n) is 6.54. The Hall–Kier alpha value is -2.64. The van der Waals surface area contributed by atoms with Gasteiger partial charge in [0.25, 0.3) is 0 Å². The molecule has 0 radical (unpaired) electrons. The first-order chi connectivity index (χ1) is 14.2. The molecule has 13 heteroatoms. The number of nitrogens with two attached hydrogens (primary N) is 1. The molecular weight excluding hydrogens is 416 g/mol. The molecule has 0 fully saturated rings. The summed E-state index contributed by atoms with van der Waals surface area (Å²) in [6.45, 7) is 0.640. The molecule has 0 aliphatic rings. The van der Waals surface area contributed by atoms with Crippen LogP contribution < -0.4 is 21.7 Å². The van der Waals surface area contributed by atoms with E-state index < -0.39 is 54.5 Å². The second-order valence-corrected chi connectivity index (χ2v) is 7.53. The Kier molecular flexibility index (Phi) is 10.9. The van der Waals surface area contributed by atoms with Crippen LogP contribution in [0.4, 0.5) is 0 Å². The SMILES string of the molecule is CSCCC(N)C(=O)NC(C)C(=O)NC(CO)C(=O)NC(Cc1cnc[nH]1)C(=O)O. The third kappa shape index (κ3) is 8.39. The number of H-pyrrole nitrogens is 1. The maximum Gasteiger partial charge on any atom is 0.326 e. The van der Waals surface area contributed by atoms with Gasteiger partial charge in [-0.2, -0.15) is 11.8 Å². The van der Waals surface area contributed by atoms with E-state index in [0.29, 0.717) is 17.9 Å². The Balaban J connectivity index is 2.62. The molecule has 30 heavy (non-hydrogen) atoms. The summed E-state index contributed by atoms with van der Waals surface area (Å²) < 4.78 is 0. The van der Waals surface area contributed by atoms with Gasteiger partial charge in [0.05, 0.1) is 19.0 Å². The summed E-state index contributed by atoms with van der Waals surface area (Å²) in [5.41, 5.74) is 6.23. The average molecular weight is 445 g/mol. The number of carbonyl (C=O) groups is 4. The van der Waals surface area contributed by atoms with Crippen molar-refractivity contribution in [1.82, 2.24) is 25.9 Å². The minimum absolute atomic E-state index is 0.0619. The number of carbonyl (C=O) groups excluding carboxylic acids is 3. The van der Waals surface area contributed by atoms with Crippen molar-refractivity contribution < 1.29 is 29.4 Å². The Bertz CT molecular complexity index is 716. The number of hydrogen-bond acceptors (Lipinski definition) is 8. The van der Waals surface area contributed by atoms with Gasteiger partial charge in [0.1, 0.15) is 18.1 Å². The lowest BCUT2D eigenvalue weighted by Crippen LogP contribution is -2.57. The third-order valence-electron chi connectivity index (χ3n) is 4.13. The fourth-order valence-corrected chi connectivity index (χ4v) is 2.83. The number of imidazole rings is 1. The van der Waals surface area contributed by atoms with Crippen LogP contribution in [0.2, 0.25) is 0 Å². The highest BCUT2D eigenvalue weighted by atomic mass is 32.2. The van der Waals surface area contributed by atoms with E-state index in [1.807, 2.05) is 6.26 Å². The van der Waals surface area contributed by atoms with E-state index in [0.717, 1.165) is 0 Å². The highest BCUT2D eigenvalue weighted by Crippen LogP contribution is 2.01. The number of hydrogen-bond donors (Lipinski definition) is 7. The van der Waals surface area contributed by atoms with Crippen LogP contribution in [-0.2, 0) is 25.6 Å². The molecule has 1 rings (SSSR count). The number of nitrogens with one attached hydrogen (secondary N) is 4. The summed E-state index contributed by atoms with van der Waals surface area (Å²) in [5.74, 6) is -2.73. The topological polar surface area (TPSA) is 200 Å². The molecule has 4 atom stereocenters. The predicted molar refractivity (Wildman–Crippen MR) is 109 cm³/mol. The molecule has 0 saturated heterocycles. The lowest BCUT2D eigenvalue weighted by Gasteiger charge is -2.22. The van der Waals surface area contributed by atoms with Gasteiger partial charge in [-0.25, -0.2) is 9.78 Å². The van der Waals surface area contributed by atoms with E-state index in [1.165, 1.54) is 31.2 Å². The molecule has 168 valence electrons. The molecule has 12 nitrogen and oxygen atoms in total. The molecular formula is C17H28N6O6S. The summed E-state index contributed by atoms with van der Waals surface area (Å²) in [4.78, 5) is 54.5. The van der Waals surface area contributed by atoms with Crippen molar-refractivity contribution in [2.45, 2.75) is 43.9 Å². The first kappa shape index (κ1) is 25.4. The minimum atomic E-state index is -1.40. The molecule has 0 aliphatic carbocycles. The number of carboxylic acids is 1. The first-order valence-electron chi connectivity index (χ1n) is 9.16. The van der Waals surface area contributed by atoms with Gasteiger partial charge in [-0.05, 0) is 25.4 Å². The zero-order valence-electron chi connectivity index (χ0n) is 16.8. The van der Waals surface area contributed by atoms with Crippen molar-refractivity contribution in [1.29, 1.82) is 0 Å². The quantitative estimate of drug-likeness (QED) is 0.173. The van der Waals surface area contributed by atoms with Crippen molar-refractivity contribution in [3.8, 4) is 0 Å². The fraction of sp³-hybridized carbons (Fsp3) is 0.588. The van der Waals surface area contributed by atoms with Crippen molar-refractivity contribution in [3.63, 3.8) is 0 Å². The second kappa shape index (κ2) is 12.8. The van der Waals surface area contributed by atoms with E-state index in [9.17, 15) is 29.4 Å². The number of thioether (sulfide) groups is 1. The van der Waals surface area contributed by atoms with Crippen LogP contribution in [-0.4, -0.2) is 86.7 Å². The van der Waals surface area contributed by atoms with Gasteiger partial charge in [-0.1, -0.05) is 0 Å². The Labute approximate surface area is 177 Å². The molecule has 1 heterocycles. The first-order valence-corrected chi connectivity index (χ1v) is 10.6. The largest absolute Gasteiger partial charge is 0.480 e. The molecule has 4 unspecified atom stereocenters. The predicted octanol–water partition coefficient (Wildman–Crippen LogP) is -2.42. The van der Waals surface area contributed by atoms with Crippen LogP contribution in [0.1, 0.15) is 19.0 Å². The van der Waals surface area contributed by atoms with Gasteiger partial charge in [0.15, 0.2) is 0 Å². The average Bonchev–Trinajstić information content (AvgIpc) is 3.22. The van der Waals surface area contributed by atoms with Crippen LogP contribution in [0.15, 0.2) is 12.5 Å². The molecule has 0 aliphatic heterocycles. The molecule has 0 saturated carbocycles. The lowest BCUT2D eigenvalue weighted by molar-refractivity contribution is -0.142. The number of rotatable bonds is 13. The van der Waals surface area contributed by atoms with Crippen molar-refractivity contribution in [3.05, 3.63) is 18.2 Å². The van der Waals surface area contributed by atoms with Crippen LogP contribution in [0, 0.1) is 0 Å². The maximum atomic E-state index is 12.3. The van der Waals surface area contributed by atoms with Crippen LogP contribution in [0.5, 0.6) is 0 Å². The number of nitrogens with zero attached hydrogens (tertiary/aromatic N) is 1. The van der Waals surface area contributed by atoms with Crippen molar-refractivity contribution >= 4 is 35.5 Å². The normalized spacial score (nSPS) is 14.8. The fourth-order valence-electron chi connectivity index (χ4n) is 2.34. The number of carboxylic acid groups (broad SMARTS) is 1. The number of amides is 3. The standard InChI is InChI=1S/C17H28N6O6S/c1-9(21-15(26)11(18)3-4-30-2)14(25)23-13(7-24)16(27)22-12(17(28)29)5-10-6-19-8-20-10/h6,8-9,11-13,24H,3-5,7,18H2,1-2H3,(H,19,20)(H,21,26)(H,22,27)(H,23,25)(H,28,29). The summed E-state index contributed by atoms with van der Waals surface area (Å²) in [7, 11) is 0. The smallest absolute Gasteiger partial charge is 0.326 e. The van der Waals surface area contributed by atoms with E-state index >= 15 is 0 Å². The Morgan fingerprint density at radius 3 is 2.37 bits per heavy atom. The van der Waals surface area contributed by atoms with Crippen molar-refractivity contribution in [2.24, 2.45) is 5.73 Å². The number of aromatic amines is 1. The lowest BCUT2D eigenvalue weighted by atomic mass is 10.1. The van der Waals surface area contributed by atoms with Crippen LogP contribution in [0.25, 0.3) is 0 Å². The van der Waals surface area contributed by atoms with Gasteiger partial charge in [0, 0.05) is 18.3 Å². The minimum Gasteiger partial charge on any atom is -0.480 e. The van der Waals surface area contributed by atoms with Gasteiger partial charge >= 0.3 is 5.97 Å². The third-order valence-corrected chi connectivity index (χ3v) is 4.77. The van der Waals surface area contributed by atoms with Gasteiger partial charge < -0.3 is 36.9 Å².